The molecule has 3 rings (SSSR count). The molecule has 0 heterocycles. The first-order valence-electron chi connectivity index (χ1n) is 5.76. The molecule has 0 unspecified atom stereocenters. The van der Waals surface area contributed by atoms with Crippen LogP contribution in [0.3, 0.4) is 0 Å². The van der Waals surface area contributed by atoms with Crippen LogP contribution in [0, 0.1) is 5.41 Å². The van der Waals surface area contributed by atoms with Gasteiger partial charge in [0.1, 0.15) is 5.75 Å². The van der Waals surface area contributed by atoms with Gasteiger partial charge in [-0.25, -0.2) is 0 Å². The lowest BCUT2D eigenvalue weighted by Gasteiger charge is -2.17. The van der Waals surface area contributed by atoms with E-state index in [1.54, 1.807) is 0 Å². The minimum absolute atomic E-state index is 0.380. The Morgan fingerprint density at radius 2 is 1.94 bits per heavy atom. The maximum atomic E-state index is 10.3. The third-order valence-corrected chi connectivity index (χ3v) is 3.36. The van der Waals surface area contributed by atoms with Crippen LogP contribution in [-0.2, 0) is 6.42 Å². The lowest BCUT2D eigenvalue weighted by atomic mass is 9.88. The summed E-state index contributed by atoms with van der Waals surface area (Å²) in [4.78, 5) is 0. The predicted molar refractivity (Wildman–Crippen MR) is 70.9 cm³/mol. The first-order chi connectivity index (χ1) is 8.33. The molecule has 0 aromatic heterocycles. The van der Waals surface area contributed by atoms with E-state index in [0.29, 0.717) is 5.75 Å². The van der Waals surface area contributed by atoms with E-state index in [1.165, 1.54) is 6.21 Å². The number of phenols is 1. The molecule has 0 saturated heterocycles. The molecule has 2 nitrogen and oxygen atoms in total. The number of nitrogens with one attached hydrogen (secondary N) is 1. The second-order valence-corrected chi connectivity index (χ2v) is 4.29. The molecule has 0 fully saturated rings. The summed E-state index contributed by atoms with van der Waals surface area (Å²) in [5.41, 5.74) is 2.89. The normalized spacial score (nSPS) is 13.6. The van der Waals surface area contributed by atoms with E-state index >= 15 is 0 Å². The van der Waals surface area contributed by atoms with Crippen molar-refractivity contribution in [1.82, 2.24) is 0 Å². The summed E-state index contributed by atoms with van der Waals surface area (Å²) in [5.74, 6) is 0.380. The molecule has 0 radical (unpaired) electrons. The Kier molecular flexibility index (Phi) is 2.22. The van der Waals surface area contributed by atoms with Crippen molar-refractivity contribution in [3.63, 3.8) is 0 Å². The average molecular weight is 223 g/mol. The van der Waals surface area contributed by atoms with E-state index in [9.17, 15) is 5.11 Å². The number of hydrogen-bond acceptors (Lipinski definition) is 2. The van der Waals surface area contributed by atoms with Gasteiger partial charge in [-0.15, -0.1) is 0 Å². The summed E-state index contributed by atoms with van der Waals surface area (Å²) in [6.07, 6.45) is 7.31. The molecule has 1 aliphatic rings. The van der Waals surface area contributed by atoms with Gasteiger partial charge in [-0.05, 0) is 23.8 Å². The van der Waals surface area contributed by atoms with E-state index in [4.69, 9.17) is 5.41 Å². The Labute approximate surface area is 99.7 Å². The zero-order valence-corrected chi connectivity index (χ0v) is 9.40. The maximum Gasteiger partial charge on any atom is 0.127 e. The third-order valence-electron chi connectivity index (χ3n) is 3.36. The largest absolute Gasteiger partial charge is 0.507 e. The fourth-order valence-corrected chi connectivity index (χ4v) is 2.55. The first-order valence-corrected chi connectivity index (χ1v) is 5.76. The second kappa shape index (κ2) is 3.74. The summed E-state index contributed by atoms with van der Waals surface area (Å²) in [6.45, 7) is 0. The first kappa shape index (κ1) is 10.1. The van der Waals surface area contributed by atoms with Crippen molar-refractivity contribution in [2.24, 2.45) is 0 Å². The lowest BCUT2D eigenvalue weighted by Crippen LogP contribution is -2.01. The zero-order chi connectivity index (χ0) is 11.8. The van der Waals surface area contributed by atoms with Gasteiger partial charge in [0.15, 0.2) is 0 Å². The van der Waals surface area contributed by atoms with Crippen molar-refractivity contribution in [2.75, 3.05) is 0 Å². The highest BCUT2D eigenvalue weighted by Gasteiger charge is 2.17. The van der Waals surface area contributed by atoms with Gasteiger partial charge in [0.05, 0.1) is 0 Å². The van der Waals surface area contributed by atoms with Crippen LogP contribution in [0.15, 0.2) is 30.3 Å². The van der Waals surface area contributed by atoms with Gasteiger partial charge in [0.2, 0.25) is 0 Å². The molecule has 0 spiro atoms. The van der Waals surface area contributed by atoms with E-state index in [1.807, 2.05) is 30.3 Å². The minimum atomic E-state index is 0.380. The minimum Gasteiger partial charge on any atom is -0.507 e. The molecule has 84 valence electrons. The van der Waals surface area contributed by atoms with Crippen LogP contribution < -0.4 is 0 Å². The number of phenolic OH excluding ortho intramolecular Hbond substituents is 1. The van der Waals surface area contributed by atoms with Crippen molar-refractivity contribution in [3.8, 4) is 5.75 Å². The van der Waals surface area contributed by atoms with Crippen LogP contribution in [0.4, 0.5) is 0 Å². The number of aromatic hydroxyl groups is 1. The van der Waals surface area contributed by atoms with Crippen LogP contribution in [0.25, 0.3) is 16.8 Å². The summed E-state index contributed by atoms with van der Waals surface area (Å²) in [5, 5.41) is 19.7. The highest BCUT2D eigenvalue weighted by Crippen LogP contribution is 2.37. The molecule has 0 saturated carbocycles. The van der Waals surface area contributed by atoms with Gasteiger partial charge >= 0.3 is 0 Å². The van der Waals surface area contributed by atoms with Crippen LogP contribution in [0.2, 0.25) is 0 Å². The highest BCUT2D eigenvalue weighted by molar-refractivity contribution is 6.06. The monoisotopic (exact) mass is 223 g/mol. The molecule has 17 heavy (non-hydrogen) atoms. The molecule has 0 atom stereocenters. The Bertz CT molecular complexity index is 641. The van der Waals surface area contributed by atoms with E-state index < -0.39 is 0 Å². The van der Waals surface area contributed by atoms with Crippen molar-refractivity contribution in [2.45, 2.75) is 12.8 Å². The summed E-state index contributed by atoms with van der Waals surface area (Å²) in [7, 11) is 0. The van der Waals surface area contributed by atoms with E-state index in [0.717, 1.165) is 40.3 Å². The SMILES string of the molecule is N=Cc1c2c(c(O)c3ccccc13)CCC=C2. The maximum absolute atomic E-state index is 10.3. The van der Waals surface area contributed by atoms with Crippen LogP contribution in [0.5, 0.6) is 5.75 Å². The third kappa shape index (κ3) is 1.37. The number of hydrogen-bond donors (Lipinski definition) is 2. The van der Waals surface area contributed by atoms with Gasteiger partial charge < -0.3 is 10.5 Å². The Morgan fingerprint density at radius 3 is 2.71 bits per heavy atom. The molecule has 2 heteroatoms. The van der Waals surface area contributed by atoms with E-state index in [2.05, 4.69) is 6.08 Å². The summed E-state index contributed by atoms with van der Waals surface area (Å²) >= 11 is 0. The average Bonchev–Trinajstić information content (AvgIpc) is 2.40. The number of allylic oxidation sites excluding steroid dienone is 1. The molecule has 1 aliphatic carbocycles. The second-order valence-electron chi connectivity index (χ2n) is 4.29. The smallest absolute Gasteiger partial charge is 0.127 e. The fraction of sp³-hybridized carbons (Fsp3) is 0.133. The Hall–Kier alpha value is -2.09. The summed E-state index contributed by atoms with van der Waals surface area (Å²) in [6, 6.07) is 7.73. The lowest BCUT2D eigenvalue weighted by molar-refractivity contribution is 0.474. The van der Waals surface area contributed by atoms with Gasteiger partial charge in [-0.2, -0.15) is 0 Å². The number of benzene rings is 2. The van der Waals surface area contributed by atoms with Gasteiger partial charge in [-0.1, -0.05) is 36.4 Å². The van der Waals surface area contributed by atoms with Crippen LogP contribution in [0.1, 0.15) is 23.1 Å². The van der Waals surface area contributed by atoms with Crippen molar-refractivity contribution in [3.05, 3.63) is 47.0 Å². The van der Waals surface area contributed by atoms with Crippen molar-refractivity contribution in [1.29, 1.82) is 5.41 Å². The molecular formula is C15H13NO. The van der Waals surface area contributed by atoms with Crippen molar-refractivity contribution >= 4 is 23.1 Å². The molecule has 0 bridgehead atoms. The Morgan fingerprint density at radius 1 is 1.18 bits per heavy atom. The molecule has 0 amide bonds. The van der Waals surface area contributed by atoms with Gasteiger partial charge in [-0.3, -0.25) is 0 Å². The molecule has 0 aliphatic heterocycles. The molecule has 2 aromatic rings. The summed E-state index contributed by atoms with van der Waals surface area (Å²) < 4.78 is 0. The van der Waals surface area contributed by atoms with Crippen LogP contribution >= 0.6 is 0 Å². The molecule has 2 N–H and O–H groups in total. The van der Waals surface area contributed by atoms with Crippen LogP contribution in [-0.4, -0.2) is 11.3 Å². The van der Waals surface area contributed by atoms with Gasteiger partial charge in [0.25, 0.3) is 0 Å². The standard InChI is InChI=1S/C15H13NO/c16-9-14-10-5-1-3-7-12(10)15(17)13-8-4-2-6-11(13)14/h1-3,5-7,9,16-17H,4,8H2. The highest BCUT2D eigenvalue weighted by atomic mass is 16.3. The van der Waals surface area contributed by atoms with Gasteiger partial charge in [0, 0.05) is 22.7 Å². The molecule has 2 aromatic carbocycles. The van der Waals surface area contributed by atoms with Crippen molar-refractivity contribution < 1.29 is 5.11 Å². The van der Waals surface area contributed by atoms with E-state index in [-0.39, 0.29) is 0 Å². The topological polar surface area (TPSA) is 44.1 Å². The zero-order valence-electron chi connectivity index (χ0n) is 9.40. The quantitative estimate of drug-likeness (QED) is 0.714. The Balaban J connectivity index is 2.53. The molecular weight excluding hydrogens is 210 g/mol. The number of rotatable bonds is 1. The predicted octanol–water partition coefficient (Wildman–Crippen LogP) is 3.50. The number of fused-ring (bicyclic) bond motifs is 2. The fourth-order valence-electron chi connectivity index (χ4n) is 2.55.